The summed E-state index contributed by atoms with van der Waals surface area (Å²) in [5.41, 5.74) is 0.539. The normalized spacial score (nSPS) is 43.5. The molecule has 2 heteroatoms. The van der Waals surface area contributed by atoms with Crippen LogP contribution in [-0.2, 0) is 4.74 Å². The predicted molar refractivity (Wildman–Crippen MR) is 56.1 cm³/mol. The molecule has 80 valence electrons. The van der Waals surface area contributed by atoms with Crippen molar-refractivity contribution in [3.8, 4) is 0 Å². The van der Waals surface area contributed by atoms with Crippen LogP contribution in [0.15, 0.2) is 0 Å². The minimum Gasteiger partial charge on any atom is -0.378 e. The molecular weight excluding hydrogens is 174 g/mol. The highest BCUT2D eigenvalue weighted by atomic mass is 16.5. The molecule has 1 aliphatic carbocycles. The third-order valence-electron chi connectivity index (χ3n) is 4.36. The van der Waals surface area contributed by atoms with Gasteiger partial charge >= 0.3 is 0 Å². The molecule has 0 aromatic carbocycles. The van der Waals surface area contributed by atoms with E-state index in [0.29, 0.717) is 5.41 Å². The molecule has 0 aromatic rings. The van der Waals surface area contributed by atoms with E-state index in [1.807, 2.05) is 0 Å². The zero-order chi connectivity index (χ0) is 9.92. The number of hydrogen-bond acceptors (Lipinski definition) is 2. The van der Waals surface area contributed by atoms with E-state index in [4.69, 9.17) is 4.74 Å². The van der Waals surface area contributed by atoms with Crippen LogP contribution in [0.3, 0.4) is 0 Å². The highest BCUT2D eigenvalue weighted by Crippen LogP contribution is 2.60. The molecule has 2 nitrogen and oxygen atoms in total. The Hall–Kier alpha value is -0.0800. The third kappa shape index (κ3) is 1.24. The lowest BCUT2D eigenvalue weighted by atomic mass is 9.87. The van der Waals surface area contributed by atoms with Crippen molar-refractivity contribution in [2.75, 3.05) is 26.3 Å². The molecule has 2 heterocycles. The summed E-state index contributed by atoms with van der Waals surface area (Å²) < 4.78 is 5.25. The minimum absolute atomic E-state index is 0.539. The molecule has 0 radical (unpaired) electrons. The fraction of sp³-hybridized carbons (Fsp3) is 1.00. The van der Waals surface area contributed by atoms with Crippen molar-refractivity contribution in [2.24, 2.45) is 23.2 Å². The Morgan fingerprint density at radius 1 is 1.07 bits per heavy atom. The first kappa shape index (κ1) is 9.17. The molecule has 3 atom stereocenters. The Labute approximate surface area is 86.6 Å². The summed E-state index contributed by atoms with van der Waals surface area (Å²) in [4.78, 5) is 2.65. The number of ether oxygens (including phenoxy) is 1. The van der Waals surface area contributed by atoms with E-state index in [1.54, 1.807) is 0 Å². The fourth-order valence-electron chi connectivity index (χ4n) is 3.58. The van der Waals surface area contributed by atoms with Gasteiger partial charge in [-0.15, -0.1) is 0 Å². The van der Waals surface area contributed by atoms with Gasteiger partial charge in [-0.2, -0.15) is 0 Å². The molecule has 3 aliphatic rings. The molecule has 3 fully saturated rings. The molecular formula is C12H21NO. The van der Waals surface area contributed by atoms with Gasteiger partial charge in [-0.3, -0.25) is 4.90 Å². The fourth-order valence-corrected chi connectivity index (χ4v) is 3.58. The molecule has 0 N–H and O–H groups in total. The van der Waals surface area contributed by atoms with Crippen LogP contribution < -0.4 is 0 Å². The smallest absolute Gasteiger partial charge is 0.0645 e. The second kappa shape index (κ2) is 2.73. The standard InChI is InChI=1S/C12H21NO/c1-12(2,3)11-9-4-13(5-10(9)11)8-6-14-7-8/h8-11H,4-7H2,1-3H3/t9-,10+,11+. The maximum absolute atomic E-state index is 5.25. The molecule has 2 saturated heterocycles. The molecule has 3 rings (SSSR count). The molecule has 1 saturated carbocycles. The number of fused-ring (bicyclic) bond motifs is 1. The van der Waals surface area contributed by atoms with Gasteiger partial charge in [0.2, 0.25) is 0 Å². The van der Waals surface area contributed by atoms with Gasteiger partial charge in [0.15, 0.2) is 0 Å². The van der Waals surface area contributed by atoms with Gasteiger partial charge in [0.1, 0.15) is 0 Å². The van der Waals surface area contributed by atoms with Crippen LogP contribution in [0, 0.1) is 23.2 Å². The number of nitrogens with zero attached hydrogens (tertiary/aromatic N) is 1. The van der Waals surface area contributed by atoms with Gasteiger partial charge in [0, 0.05) is 13.1 Å². The van der Waals surface area contributed by atoms with Crippen LogP contribution >= 0.6 is 0 Å². The van der Waals surface area contributed by atoms with Crippen LogP contribution in [0.25, 0.3) is 0 Å². The second-order valence-corrected chi connectivity index (χ2v) is 6.36. The topological polar surface area (TPSA) is 12.5 Å². The average molecular weight is 195 g/mol. The molecule has 0 aromatic heterocycles. The lowest BCUT2D eigenvalue weighted by Crippen LogP contribution is -2.49. The van der Waals surface area contributed by atoms with Crippen LogP contribution in [0.4, 0.5) is 0 Å². The molecule has 0 spiro atoms. The summed E-state index contributed by atoms with van der Waals surface area (Å²) in [7, 11) is 0. The Morgan fingerprint density at radius 3 is 2.00 bits per heavy atom. The van der Waals surface area contributed by atoms with Gasteiger partial charge in [-0.1, -0.05) is 20.8 Å². The monoisotopic (exact) mass is 195 g/mol. The maximum Gasteiger partial charge on any atom is 0.0645 e. The van der Waals surface area contributed by atoms with Gasteiger partial charge in [-0.25, -0.2) is 0 Å². The molecule has 14 heavy (non-hydrogen) atoms. The van der Waals surface area contributed by atoms with Gasteiger partial charge in [0.05, 0.1) is 19.3 Å². The summed E-state index contributed by atoms with van der Waals surface area (Å²) in [5.74, 6) is 3.02. The van der Waals surface area contributed by atoms with Gasteiger partial charge in [0.25, 0.3) is 0 Å². The second-order valence-electron chi connectivity index (χ2n) is 6.36. The van der Waals surface area contributed by atoms with E-state index in [2.05, 4.69) is 25.7 Å². The zero-order valence-electron chi connectivity index (χ0n) is 9.49. The first-order valence-corrected chi connectivity index (χ1v) is 5.89. The van der Waals surface area contributed by atoms with Crippen molar-refractivity contribution >= 4 is 0 Å². The van der Waals surface area contributed by atoms with Crippen LogP contribution in [0.2, 0.25) is 0 Å². The minimum atomic E-state index is 0.539. The lowest BCUT2D eigenvalue weighted by molar-refractivity contribution is -0.0630. The van der Waals surface area contributed by atoms with E-state index in [9.17, 15) is 0 Å². The number of piperidine rings is 1. The van der Waals surface area contributed by atoms with Crippen molar-refractivity contribution in [3.05, 3.63) is 0 Å². The first-order chi connectivity index (χ1) is 6.57. The molecule has 0 amide bonds. The summed E-state index contributed by atoms with van der Waals surface area (Å²) >= 11 is 0. The Morgan fingerprint density at radius 2 is 1.64 bits per heavy atom. The van der Waals surface area contributed by atoms with Crippen molar-refractivity contribution in [3.63, 3.8) is 0 Å². The highest BCUT2D eigenvalue weighted by Gasteiger charge is 2.60. The van der Waals surface area contributed by atoms with E-state index in [-0.39, 0.29) is 0 Å². The summed E-state index contributed by atoms with van der Waals surface area (Å²) in [5, 5.41) is 0. The van der Waals surface area contributed by atoms with Gasteiger partial charge < -0.3 is 4.74 Å². The summed E-state index contributed by atoms with van der Waals surface area (Å²) in [6, 6.07) is 0.767. The SMILES string of the molecule is CC(C)(C)[C@H]1[C@@H]2CN(C3COC3)C[C@@H]21. The average Bonchev–Trinajstić information content (AvgIpc) is 2.46. The predicted octanol–water partition coefficient (Wildman–Crippen LogP) is 1.61. The quantitative estimate of drug-likeness (QED) is 0.630. The van der Waals surface area contributed by atoms with Gasteiger partial charge in [-0.05, 0) is 23.2 Å². The number of hydrogen-bond donors (Lipinski definition) is 0. The Bertz CT molecular complexity index is 229. The molecule has 0 bridgehead atoms. The van der Waals surface area contributed by atoms with Crippen molar-refractivity contribution in [2.45, 2.75) is 26.8 Å². The third-order valence-corrected chi connectivity index (χ3v) is 4.36. The summed E-state index contributed by atoms with van der Waals surface area (Å²) in [6.45, 7) is 11.9. The lowest BCUT2D eigenvalue weighted by Gasteiger charge is -2.36. The molecule has 0 unspecified atom stereocenters. The van der Waals surface area contributed by atoms with Crippen molar-refractivity contribution in [1.29, 1.82) is 0 Å². The van der Waals surface area contributed by atoms with Crippen LogP contribution in [0.5, 0.6) is 0 Å². The molecule has 2 aliphatic heterocycles. The highest BCUT2D eigenvalue weighted by molar-refractivity contribution is 5.10. The number of likely N-dealkylation sites (tertiary alicyclic amines) is 1. The van der Waals surface area contributed by atoms with Crippen LogP contribution in [-0.4, -0.2) is 37.2 Å². The summed E-state index contributed by atoms with van der Waals surface area (Å²) in [6.07, 6.45) is 0. The zero-order valence-corrected chi connectivity index (χ0v) is 9.49. The van der Waals surface area contributed by atoms with E-state index >= 15 is 0 Å². The largest absolute Gasteiger partial charge is 0.378 e. The number of rotatable bonds is 1. The first-order valence-electron chi connectivity index (χ1n) is 5.89. The van der Waals surface area contributed by atoms with E-state index in [0.717, 1.165) is 37.0 Å². The Balaban J connectivity index is 1.57. The van der Waals surface area contributed by atoms with Crippen molar-refractivity contribution < 1.29 is 4.74 Å². The Kier molecular flexibility index (Phi) is 1.79. The maximum atomic E-state index is 5.25. The van der Waals surface area contributed by atoms with E-state index < -0.39 is 0 Å². The van der Waals surface area contributed by atoms with Crippen molar-refractivity contribution in [1.82, 2.24) is 4.90 Å². The van der Waals surface area contributed by atoms with Crippen LogP contribution in [0.1, 0.15) is 20.8 Å². The van der Waals surface area contributed by atoms with E-state index in [1.165, 1.54) is 13.1 Å².